The molecule has 0 aliphatic carbocycles. The van der Waals surface area contributed by atoms with Crippen molar-refractivity contribution in [3.63, 3.8) is 0 Å². The zero-order valence-electron chi connectivity index (χ0n) is 10.5. The van der Waals surface area contributed by atoms with Gasteiger partial charge in [-0.15, -0.1) is 0 Å². The highest BCUT2D eigenvalue weighted by Gasteiger charge is 2.62. The first-order valence-electron chi connectivity index (χ1n) is 5.68. The number of hydrogen-bond acceptors (Lipinski definition) is 3. The summed E-state index contributed by atoms with van der Waals surface area (Å²) in [6.07, 6.45) is -11.3. The highest BCUT2D eigenvalue weighted by atomic mass is 19.4. The van der Waals surface area contributed by atoms with Gasteiger partial charge in [-0.3, -0.25) is 4.79 Å². The number of likely N-dealkylation sites (N-methyl/N-ethyl adjacent to an activating group) is 1. The normalized spacial score (nSPS) is 24.2. The Hall–Kier alpha value is -1.03. The number of carbonyl (C=O) groups excluding carboxylic acids is 1. The van der Waals surface area contributed by atoms with Crippen molar-refractivity contribution in [3.05, 3.63) is 0 Å². The summed E-state index contributed by atoms with van der Waals surface area (Å²) in [5.74, 6) is -6.19. The molecule has 1 aliphatic heterocycles. The maximum absolute atomic E-state index is 12.4. The Bertz CT molecular complexity index is 348. The van der Waals surface area contributed by atoms with E-state index in [0.29, 0.717) is 6.54 Å². The van der Waals surface area contributed by atoms with Crippen LogP contribution in [0.2, 0.25) is 0 Å². The molecule has 20 heavy (non-hydrogen) atoms. The lowest BCUT2D eigenvalue weighted by molar-refractivity contribution is -0.277. The molecule has 0 spiro atoms. The van der Waals surface area contributed by atoms with Gasteiger partial charge >= 0.3 is 12.4 Å². The second kappa shape index (κ2) is 5.40. The van der Waals surface area contributed by atoms with E-state index in [2.05, 4.69) is 5.32 Å². The first-order valence-corrected chi connectivity index (χ1v) is 5.68. The number of β-amino-alcohol motifs (C(OH)–C–C–N with tert-alkyl or cyclic N) is 1. The molecule has 10 heteroatoms. The molecule has 0 aromatic rings. The Labute approximate surface area is 110 Å². The zero-order chi connectivity index (χ0) is 15.8. The van der Waals surface area contributed by atoms with Crippen LogP contribution in [0.3, 0.4) is 0 Å². The molecule has 1 saturated heterocycles. The van der Waals surface area contributed by atoms with E-state index in [4.69, 9.17) is 0 Å². The number of carbonyl (C=O) groups is 1. The molecule has 0 radical (unpaired) electrons. The third kappa shape index (κ3) is 3.98. The van der Waals surface area contributed by atoms with Crippen LogP contribution in [0.4, 0.5) is 26.3 Å². The number of nitrogens with one attached hydrogen (secondary N) is 1. The minimum Gasteiger partial charge on any atom is -0.387 e. The second-order valence-electron chi connectivity index (χ2n) is 4.86. The average Bonchev–Trinajstić information content (AvgIpc) is 2.60. The fourth-order valence-electron chi connectivity index (χ4n) is 2.07. The van der Waals surface area contributed by atoms with Gasteiger partial charge in [0.25, 0.3) is 0 Å². The van der Waals surface area contributed by atoms with Crippen molar-refractivity contribution in [3.8, 4) is 0 Å². The van der Waals surface area contributed by atoms with E-state index >= 15 is 0 Å². The van der Waals surface area contributed by atoms with Crippen LogP contribution in [0, 0.1) is 5.92 Å². The van der Waals surface area contributed by atoms with E-state index in [1.807, 2.05) is 0 Å². The number of nitrogens with zero attached hydrogens (tertiary/aromatic N) is 1. The van der Waals surface area contributed by atoms with Crippen molar-refractivity contribution in [2.75, 3.05) is 26.7 Å². The van der Waals surface area contributed by atoms with Crippen LogP contribution >= 0.6 is 0 Å². The first-order chi connectivity index (χ1) is 8.87. The largest absolute Gasteiger partial charge is 0.409 e. The van der Waals surface area contributed by atoms with E-state index in [9.17, 15) is 36.2 Å². The van der Waals surface area contributed by atoms with Gasteiger partial charge in [-0.1, -0.05) is 0 Å². The van der Waals surface area contributed by atoms with Crippen molar-refractivity contribution in [1.29, 1.82) is 0 Å². The van der Waals surface area contributed by atoms with Crippen LogP contribution in [0.15, 0.2) is 0 Å². The van der Waals surface area contributed by atoms with Gasteiger partial charge in [-0.2, -0.15) is 26.3 Å². The molecule has 1 fully saturated rings. The predicted octanol–water partition coefficient (Wildman–Crippen LogP) is 0.910. The highest BCUT2D eigenvalue weighted by Crippen LogP contribution is 2.40. The Morgan fingerprint density at radius 3 is 2.15 bits per heavy atom. The molecular weight excluding hydrogens is 294 g/mol. The molecule has 0 saturated carbocycles. The molecule has 0 bridgehead atoms. The van der Waals surface area contributed by atoms with E-state index in [1.54, 1.807) is 0 Å². The minimum absolute atomic E-state index is 0.00726. The van der Waals surface area contributed by atoms with Crippen LogP contribution in [-0.4, -0.2) is 60.5 Å². The topological polar surface area (TPSA) is 52.6 Å². The average molecular weight is 308 g/mol. The van der Waals surface area contributed by atoms with E-state index < -0.39 is 36.3 Å². The van der Waals surface area contributed by atoms with Gasteiger partial charge in [-0.25, -0.2) is 0 Å². The molecule has 4 nitrogen and oxygen atoms in total. The van der Waals surface area contributed by atoms with Gasteiger partial charge in [-0.05, 0) is 13.0 Å². The Morgan fingerprint density at radius 1 is 1.30 bits per heavy atom. The molecule has 1 amide bonds. The summed E-state index contributed by atoms with van der Waals surface area (Å²) in [6, 6.07) is 0. The number of aliphatic hydroxyl groups is 1. The molecule has 1 heterocycles. The third-order valence-electron chi connectivity index (χ3n) is 3.03. The quantitative estimate of drug-likeness (QED) is 0.762. The lowest BCUT2D eigenvalue weighted by atomic mass is 10.0. The summed E-state index contributed by atoms with van der Waals surface area (Å²) in [7, 11) is 0.809. The second-order valence-corrected chi connectivity index (χ2v) is 4.86. The van der Waals surface area contributed by atoms with Gasteiger partial charge in [0, 0.05) is 13.6 Å². The molecular formula is C10H14F6N2O2. The molecule has 0 aromatic carbocycles. The molecule has 1 aliphatic rings. The molecule has 0 aromatic heterocycles. The molecule has 118 valence electrons. The van der Waals surface area contributed by atoms with Crippen molar-refractivity contribution in [2.45, 2.75) is 24.4 Å². The number of rotatable bonds is 3. The van der Waals surface area contributed by atoms with E-state index in [-0.39, 0.29) is 17.9 Å². The maximum Gasteiger partial charge on any atom is 0.409 e. The summed E-state index contributed by atoms with van der Waals surface area (Å²) in [6.45, 7) is -0.213. The maximum atomic E-state index is 12.4. The van der Waals surface area contributed by atoms with Gasteiger partial charge in [0.2, 0.25) is 11.8 Å². The SMILES string of the molecule is CN(CC1(O)CCNC1)C(=O)C(C(F)(F)F)C(F)(F)F. The van der Waals surface area contributed by atoms with Gasteiger partial charge in [0.1, 0.15) is 0 Å². The summed E-state index contributed by atoms with van der Waals surface area (Å²) < 4.78 is 74.4. The number of halogens is 6. The van der Waals surface area contributed by atoms with Crippen molar-refractivity contribution in [2.24, 2.45) is 5.92 Å². The Balaban J connectivity index is 2.85. The Kier molecular flexibility index (Phi) is 4.59. The number of alkyl halides is 6. The highest BCUT2D eigenvalue weighted by molar-refractivity contribution is 5.80. The zero-order valence-corrected chi connectivity index (χ0v) is 10.5. The number of amides is 1. The lowest BCUT2D eigenvalue weighted by Crippen LogP contribution is -2.52. The fourth-order valence-corrected chi connectivity index (χ4v) is 2.07. The van der Waals surface area contributed by atoms with Crippen molar-refractivity contribution >= 4 is 5.91 Å². The standard InChI is InChI=1S/C10H14F6N2O2/c1-18(5-8(20)2-3-17-4-8)7(19)6(9(11,12)13)10(14,15)16/h6,17,20H,2-5H2,1H3. The smallest absolute Gasteiger partial charge is 0.387 e. The van der Waals surface area contributed by atoms with Crippen LogP contribution in [0.5, 0.6) is 0 Å². The first kappa shape index (κ1) is 17.0. The summed E-state index contributed by atoms with van der Waals surface area (Å²) >= 11 is 0. The third-order valence-corrected chi connectivity index (χ3v) is 3.03. The Morgan fingerprint density at radius 2 is 1.80 bits per heavy atom. The molecule has 1 rings (SSSR count). The summed E-state index contributed by atoms with van der Waals surface area (Å²) in [4.78, 5) is 11.7. The van der Waals surface area contributed by atoms with Gasteiger partial charge in [0.05, 0.1) is 12.1 Å². The molecule has 1 atom stereocenters. The van der Waals surface area contributed by atoms with Crippen molar-refractivity contribution in [1.82, 2.24) is 10.2 Å². The van der Waals surface area contributed by atoms with Crippen molar-refractivity contribution < 1.29 is 36.2 Å². The van der Waals surface area contributed by atoms with Gasteiger partial charge < -0.3 is 15.3 Å². The molecule has 1 unspecified atom stereocenters. The van der Waals surface area contributed by atoms with Crippen LogP contribution in [0.25, 0.3) is 0 Å². The van der Waals surface area contributed by atoms with Crippen LogP contribution < -0.4 is 5.32 Å². The van der Waals surface area contributed by atoms with E-state index in [0.717, 1.165) is 7.05 Å². The monoisotopic (exact) mass is 308 g/mol. The molecule has 2 N–H and O–H groups in total. The van der Waals surface area contributed by atoms with Crippen LogP contribution in [-0.2, 0) is 4.79 Å². The fraction of sp³-hybridized carbons (Fsp3) is 0.900. The number of hydrogen-bond donors (Lipinski definition) is 2. The van der Waals surface area contributed by atoms with Gasteiger partial charge in [0.15, 0.2) is 0 Å². The van der Waals surface area contributed by atoms with Crippen LogP contribution in [0.1, 0.15) is 6.42 Å². The summed E-state index contributed by atoms with van der Waals surface area (Å²) in [5, 5.41) is 12.6. The predicted molar refractivity (Wildman–Crippen MR) is 55.7 cm³/mol. The summed E-state index contributed by atoms with van der Waals surface area (Å²) in [5.41, 5.74) is -1.51. The van der Waals surface area contributed by atoms with E-state index in [1.165, 1.54) is 0 Å². The lowest BCUT2D eigenvalue weighted by Gasteiger charge is -2.31. The minimum atomic E-state index is -5.72.